The van der Waals surface area contributed by atoms with Gasteiger partial charge in [-0.25, -0.2) is 4.98 Å². The Morgan fingerprint density at radius 3 is 2.46 bits per heavy atom. The van der Waals surface area contributed by atoms with Crippen molar-refractivity contribution in [2.24, 2.45) is 11.8 Å². The molecule has 1 aromatic heterocycles. The quantitative estimate of drug-likeness (QED) is 0.306. The minimum absolute atomic E-state index is 0.0759. The number of nitrogens with zero attached hydrogens (tertiary/aromatic N) is 3. The Morgan fingerprint density at radius 1 is 0.976 bits per heavy atom. The molecule has 0 saturated carbocycles. The number of hydrogen-bond acceptors (Lipinski definition) is 5. The predicted molar refractivity (Wildman–Crippen MR) is 163 cm³/mol. The molecular weight excluding hydrogens is 512 g/mol. The van der Waals surface area contributed by atoms with Gasteiger partial charge in [0.25, 0.3) is 0 Å². The van der Waals surface area contributed by atoms with Crippen LogP contribution in [0.5, 0.6) is 5.75 Å². The molecule has 0 radical (unpaired) electrons. The summed E-state index contributed by atoms with van der Waals surface area (Å²) in [5.41, 5.74) is 7.37. The molecule has 7 heteroatoms. The van der Waals surface area contributed by atoms with Gasteiger partial charge in [-0.1, -0.05) is 19.1 Å². The van der Waals surface area contributed by atoms with Gasteiger partial charge >= 0.3 is 0 Å². The Bertz CT molecular complexity index is 1570. The molecule has 0 aliphatic carbocycles. The second-order valence-corrected chi connectivity index (χ2v) is 11.6. The highest BCUT2D eigenvalue weighted by atomic mass is 16.5. The number of rotatable bonds is 5. The third kappa shape index (κ3) is 5.85. The largest absolute Gasteiger partial charge is 0.493 e. The molecule has 2 unspecified atom stereocenters. The number of carbonyl (C=O) groups excluding carboxylic acids is 2. The third-order valence-electron chi connectivity index (χ3n) is 8.80. The van der Waals surface area contributed by atoms with E-state index in [2.05, 4.69) is 58.2 Å². The van der Waals surface area contributed by atoms with Gasteiger partial charge in [-0.15, -0.1) is 0 Å². The lowest BCUT2D eigenvalue weighted by molar-refractivity contribution is -0.133. The number of benzene rings is 3. The number of ether oxygens (including phenoxy) is 1. The average Bonchev–Trinajstić information content (AvgIpc) is 3.35. The standard InChI is InChI=1S/C34H38N4O3/c1-22-18-29-19-27(28-6-10-31-32(20-28)36-24(3)35-31)7-11-33(29)41-17-12-26(22)21-34(40)38-15-13-37(14-16-38)30-8-4-25(5-9-30)23(2)39/h4-11,19-20,22,26H,12-18,21H2,1-3H3,(H,35,36). The summed E-state index contributed by atoms with van der Waals surface area (Å²) in [4.78, 5) is 37.1. The van der Waals surface area contributed by atoms with E-state index in [1.54, 1.807) is 6.92 Å². The van der Waals surface area contributed by atoms with E-state index in [1.165, 1.54) is 5.56 Å². The molecule has 1 saturated heterocycles. The van der Waals surface area contributed by atoms with Crippen molar-refractivity contribution in [2.75, 3.05) is 37.7 Å². The van der Waals surface area contributed by atoms with E-state index in [9.17, 15) is 9.59 Å². The lowest BCUT2D eigenvalue weighted by Gasteiger charge is -2.37. The fourth-order valence-electron chi connectivity index (χ4n) is 6.27. The number of piperazine rings is 1. The van der Waals surface area contributed by atoms with Crippen LogP contribution in [0.3, 0.4) is 0 Å². The number of aromatic amines is 1. The van der Waals surface area contributed by atoms with Gasteiger partial charge in [0, 0.05) is 43.9 Å². The molecule has 0 spiro atoms. The zero-order valence-corrected chi connectivity index (χ0v) is 24.2. The van der Waals surface area contributed by atoms with Crippen molar-refractivity contribution in [3.05, 3.63) is 77.6 Å². The van der Waals surface area contributed by atoms with E-state index in [0.717, 1.165) is 84.0 Å². The highest BCUT2D eigenvalue weighted by Gasteiger charge is 2.28. The lowest BCUT2D eigenvalue weighted by atomic mass is 9.82. The summed E-state index contributed by atoms with van der Waals surface area (Å²) < 4.78 is 6.22. The number of aromatic nitrogens is 2. The van der Waals surface area contributed by atoms with Crippen LogP contribution in [0.1, 0.15) is 48.4 Å². The second-order valence-electron chi connectivity index (χ2n) is 11.6. The van der Waals surface area contributed by atoms with Crippen LogP contribution in [-0.4, -0.2) is 59.3 Å². The fourth-order valence-corrected chi connectivity index (χ4v) is 6.27. The molecule has 3 aromatic carbocycles. The van der Waals surface area contributed by atoms with Crippen molar-refractivity contribution in [1.29, 1.82) is 0 Å². The van der Waals surface area contributed by atoms with Crippen molar-refractivity contribution in [3.63, 3.8) is 0 Å². The number of amides is 1. The van der Waals surface area contributed by atoms with Crippen molar-refractivity contribution < 1.29 is 14.3 Å². The maximum atomic E-state index is 13.4. The first-order chi connectivity index (χ1) is 19.8. The summed E-state index contributed by atoms with van der Waals surface area (Å²) in [6.07, 6.45) is 2.33. The number of imidazole rings is 1. The molecule has 1 amide bonds. The van der Waals surface area contributed by atoms with Crippen LogP contribution in [0.2, 0.25) is 0 Å². The Labute approximate surface area is 241 Å². The first-order valence-corrected chi connectivity index (χ1v) is 14.7. The van der Waals surface area contributed by atoms with Crippen LogP contribution >= 0.6 is 0 Å². The zero-order valence-electron chi connectivity index (χ0n) is 24.2. The van der Waals surface area contributed by atoms with Crippen LogP contribution in [0.15, 0.2) is 60.7 Å². The van der Waals surface area contributed by atoms with Crippen LogP contribution in [0, 0.1) is 18.8 Å². The maximum Gasteiger partial charge on any atom is 0.222 e. The van der Waals surface area contributed by atoms with Gasteiger partial charge in [-0.2, -0.15) is 0 Å². The first-order valence-electron chi connectivity index (χ1n) is 14.7. The lowest BCUT2D eigenvalue weighted by Crippen LogP contribution is -2.49. The maximum absolute atomic E-state index is 13.4. The molecule has 2 aliphatic heterocycles. The first kappa shape index (κ1) is 27.1. The Kier molecular flexibility index (Phi) is 7.52. The molecule has 6 rings (SSSR count). The molecule has 2 atom stereocenters. The zero-order chi connectivity index (χ0) is 28.5. The van der Waals surface area contributed by atoms with E-state index in [4.69, 9.17) is 4.74 Å². The van der Waals surface area contributed by atoms with Crippen molar-refractivity contribution in [1.82, 2.24) is 14.9 Å². The van der Waals surface area contributed by atoms with Gasteiger partial charge in [0.2, 0.25) is 5.91 Å². The summed E-state index contributed by atoms with van der Waals surface area (Å²) in [5.74, 6) is 2.84. The van der Waals surface area contributed by atoms with E-state index in [0.29, 0.717) is 18.9 Å². The Balaban J connectivity index is 1.08. The second kappa shape index (κ2) is 11.4. The molecule has 3 heterocycles. The van der Waals surface area contributed by atoms with Crippen molar-refractivity contribution >= 4 is 28.4 Å². The average molecular weight is 551 g/mol. The van der Waals surface area contributed by atoms with Gasteiger partial charge in [0.05, 0.1) is 17.6 Å². The van der Waals surface area contributed by atoms with Gasteiger partial charge in [0.1, 0.15) is 11.6 Å². The number of ketones is 1. The number of hydrogen-bond donors (Lipinski definition) is 1. The molecule has 212 valence electrons. The fraction of sp³-hybridized carbons (Fsp3) is 0.382. The molecule has 41 heavy (non-hydrogen) atoms. The number of fused-ring (bicyclic) bond motifs is 2. The SMILES string of the molecule is CC(=O)c1ccc(N2CCN(C(=O)CC3CCOc4ccc(-c5ccc6nc(C)[nH]c6c5)cc4CC3C)CC2)cc1. The van der Waals surface area contributed by atoms with Gasteiger partial charge in [-0.05, 0) is 104 Å². The summed E-state index contributed by atoms with van der Waals surface area (Å²) in [5, 5.41) is 0. The predicted octanol–water partition coefficient (Wildman–Crippen LogP) is 6.06. The van der Waals surface area contributed by atoms with Crippen LogP contribution < -0.4 is 9.64 Å². The van der Waals surface area contributed by atoms with E-state index >= 15 is 0 Å². The minimum Gasteiger partial charge on any atom is -0.493 e. The highest BCUT2D eigenvalue weighted by Crippen LogP contribution is 2.35. The van der Waals surface area contributed by atoms with Crippen LogP contribution in [0.4, 0.5) is 5.69 Å². The third-order valence-corrected chi connectivity index (χ3v) is 8.80. The summed E-state index contributed by atoms with van der Waals surface area (Å²) in [6, 6.07) is 20.6. The summed E-state index contributed by atoms with van der Waals surface area (Å²) in [7, 11) is 0. The molecule has 1 N–H and O–H groups in total. The minimum atomic E-state index is 0.0759. The molecular formula is C34H38N4O3. The normalized spacial score (nSPS) is 19.3. The van der Waals surface area contributed by atoms with Crippen molar-refractivity contribution in [3.8, 4) is 16.9 Å². The van der Waals surface area contributed by atoms with Crippen LogP contribution in [0.25, 0.3) is 22.2 Å². The van der Waals surface area contributed by atoms with Gasteiger partial charge < -0.3 is 19.5 Å². The smallest absolute Gasteiger partial charge is 0.222 e. The molecule has 1 fully saturated rings. The summed E-state index contributed by atoms with van der Waals surface area (Å²) in [6.45, 7) is 9.50. The Hall–Kier alpha value is -4.13. The number of carbonyl (C=O) groups is 2. The van der Waals surface area contributed by atoms with Crippen molar-refractivity contribution in [2.45, 2.75) is 40.0 Å². The highest BCUT2D eigenvalue weighted by molar-refractivity contribution is 5.94. The van der Waals surface area contributed by atoms with E-state index < -0.39 is 0 Å². The molecule has 0 bridgehead atoms. The van der Waals surface area contributed by atoms with Gasteiger partial charge in [0.15, 0.2) is 5.78 Å². The van der Waals surface area contributed by atoms with Crippen LogP contribution in [-0.2, 0) is 11.2 Å². The monoisotopic (exact) mass is 550 g/mol. The van der Waals surface area contributed by atoms with Gasteiger partial charge in [-0.3, -0.25) is 9.59 Å². The molecule has 2 aliphatic rings. The van der Waals surface area contributed by atoms with E-state index in [1.807, 2.05) is 36.1 Å². The van der Waals surface area contributed by atoms with E-state index in [-0.39, 0.29) is 17.6 Å². The number of anilines is 1. The summed E-state index contributed by atoms with van der Waals surface area (Å²) >= 11 is 0. The molecule has 7 nitrogen and oxygen atoms in total. The number of aryl methyl sites for hydroxylation is 1. The number of nitrogens with one attached hydrogen (secondary N) is 1. The topological polar surface area (TPSA) is 78.5 Å². The number of H-pyrrole nitrogens is 1. The Morgan fingerprint density at radius 2 is 1.71 bits per heavy atom. The number of Topliss-reactive ketones (excluding diaryl/α,β-unsaturated/α-hetero) is 1. The molecule has 4 aromatic rings.